The third-order valence-corrected chi connectivity index (χ3v) is 6.85. The molecule has 1 fully saturated rings. The molecule has 7 nitrogen and oxygen atoms in total. The lowest BCUT2D eigenvalue weighted by atomic mass is 10.0. The molecule has 1 N–H and O–H groups in total. The van der Waals surface area contributed by atoms with E-state index in [2.05, 4.69) is 15.3 Å². The second-order valence-corrected chi connectivity index (χ2v) is 9.82. The molecule has 33 heavy (non-hydrogen) atoms. The predicted molar refractivity (Wildman–Crippen MR) is 131 cm³/mol. The van der Waals surface area contributed by atoms with Crippen LogP contribution in [0, 0.1) is 0 Å². The Hall–Kier alpha value is -2.97. The van der Waals surface area contributed by atoms with E-state index in [1.54, 1.807) is 19.6 Å². The molecule has 1 aliphatic rings. The van der Waals surface area contributed by atoms with Gasteiger partial charge in [-0.25, -0.2) is 14.5 Å². The summed E-state index contributed by atoms with van der Waals surface area (Å²) in [5.41, 5.74) is 3.94. The standard InChI is InChI=1S/C24H24ClN5O2S/c1-32-18-9-7-15(8-10-18)23-22(19-11-12-26-24(28-19)33(2)31)20-13-16(25)14-21(30(20)29-23)27-17-5-3-4-6-17/h7-14,17,27H,3-6H2,1-2H3. The van der Waals surface area contributed by atoms with Crippen molar-refractivity contribution in [2.45, 2.75) is 36.9 Å². The van der Waals surface area contributed by atoms with Crippen molar-refractivity contribution in [3.8, 4) is 28.3 Å². The van der Waals surface area contributed by atoms with Crippen LogP contribution in [0.3, 0.4) is 0 Å². The first-order valence-corrected chi connectivity index (χ1v) is 12.8. The van der Waals surface area contributed by atoms with Gasteiger partial charge in [-0.1, -0.05) is 24.4 Å². The van der Waals surface area contributed by atoms with Crippen LogP contribution in [0.15, 0.2) is 53.8 Å². The van der Waals surface area contributed by atoms with E-state index < -0.39 is 10.8 Å². The molecule has 0 radical (unpaired) electrons. The first kappa shape index (κ1) is 21.9. The first-order valence-electron chi connectivity index (χ1n) is 10.8. The number of pyridine rings is 1. The summed E-state index contributed by atoms with van der Waals surface area (Å²) >= 11 is 6.57. The van der Waals surface area contributed by atoms with Gasteiger partial charge < -0.3 is 10.1 Å². The van der Waals surface area contributed by atoms with Gasteiger partial charge in [-0.3, -0.25) is 4.21 Å². The highest BCUT2D eigenvalue weighted by Crippen LogP contribution is 2.38. The van der Waals surface area contributed by atoms with Crippen molar-refractivity contribution in [3.05, 3.63) is 53.7 Å². The largest absolute Gasteiger partial charge is 0.497 e. The Balaban J connectivity index is 1.75. The van der Waals surface area contributed by atoms with E-state index in [9.17, 15) is 4.21 Å². The van der Waals surface area contributed by atoms with E-state index in [1.165, 1.54) is 12.8 Å². The van der Waals surface area contributed by atoms with E-state index in [0.29, 0.717) is 16.8 Å². The Morgan fingerprint density at radius 1 is 1.15 bits per heavy atom. The number of aromatic nitrogens is 4. The Morgan fingerprint density at radius 3 is 2.61 bits per heavy atom. The van der Waals surface area contributed by atoms with Crippen molar-refractivity contribution in [2.24, 2.45) is 0 Å². The highest BCUT2D eigenvalue weighted by molar-refractivity contribution is 7.84. The number of anilines is 1. The molecule has 1 aliphatic carbocycles. The molecule has 0 aliphatic heterocycles. The quantitative estimate of drug-likeness (QED) is 0.380. The van der Waals surface area contributed by atoms with E-state index in [-0.39, 0.29) is 5.16 Å². The zero-order chi connectivity index (χ0) is 22.9. The summed E-state index contributed by atoms with van der Waals surface area (Å²) in [6.45, 7) is 0. The average molecular weight is 482 g/mol. The molecule has 0 bridgehead atoms. The van der Waals surface area contributed by atoms with E-state index >= 15 is 0 Å². The molecule has 0 spiro atoms. The van der Waals surface area contributed by atoms with Gasteiger partial charge >= 0.3 is 0 Å². The number of hydrogen-bond donors (Lipinski definition) is 1. The topological polar surface area (TPSA) is 81.4 Å². The van der Waals surface area contributed by atoms with Crippen LogP contribution >= 0.6 is 11.6 Å². The molecule has 3 aromatic heterocycles. The second-order valence-electron chi connectivity index (χ2n) is 8.11. The lowest BCUT2D eigenvalue weighted by Gasteiger charge is -2.15. The van der Waals surface area contributed by atoms with Crippen LogP contribution in [0.25, 0.3) is 28.0 Å². The number of rotatable bonds is 6. The SMILES string of the molecule is COc1ccc(-c2nn3c(NC4CCCC4)cc(Cl)cc3c2-c2ccnc(S(C)=O)n2)cc1. The molecule has 9 heteroatoms. The Bertz CT molecular complexity index is 1330. The van der Waals surface area contributed by atoms with Crippen LogP contribution in [0.1, 0.15) is 25.7 Å². The van der Waals surface area contributed by atoms with Crippen molar-refractivity contribution in [2.75, 3.05) is 18.7 Å². The second kappa shape index (κ2) is 9.11. The molecule has 170 valence electrons. The number of fused-ring (bicyclic) bond motifs is 1. The number of benzene rings is 1. The molecule has 1 aromatic carbocycles. The maximum absolute atomic E-state index is 12.1. The lowest BCUT2D eigenvalue weighted by molar-refractivity contribution is 0.415. The van der Waals surface area contributed by atoms with Crippen LogP contribution in [-0.2, 0) is 10.8 Å². The normalized spacial score (nSPS) is 15.1. The third-order valence-electron chi connectivity index (χ3n) is 5.92. The van der Waals surface area contributed by atoms with Crippen LogP contribution in [0.2, 0.25) is 5.02 Å². The van der Waals surface area contributed by atoms with Crippen molar-refractivity contribution in [1.29, 1.82) is 0 Å². The zero-order valence-electron chi connectivity index (χ0n) is 18.4. The highest BCUT2D eigenvalue weighted by Gasteiger charge is 2.23. The number of halogens is 1. The fourth-order valence-corrected chi connectivity index (χ4v) is 4.96. The molecule has 1 atom stereocenters. The smallest absolute Gasteiger partial charge is 0.218 e. The summed E-state index contributed by atoms with van der Waals surface area (Å²) in [6.07, 6.45) is 7.90. The minimum Gasteiger partial charge on any atom is -0.497 e. The van der Waals surface area contributed by atoms with Crippen LogP contribution in [0.4, 0.5) is 5.82 Å². The molecule has 0 amide bonds. The monoisotopic (exact) mass is 481 g/mol. The fourth-order valence-electron chi connectivity index (χ4n) is 4.32. The van der Waals surface area contributed by atoms with E-state index in [0.717, 1.165) is 46.7 Å². The van der Waals surface area contributed by atoms with Gasteiger partial charge in [0.2, 0.25) is 5.16 Å². The summed E-state index contributed by atoms with van der Waals surface area (Å²) in [6, 6.07) is 13.8. The van der Waals surface area contributed by atoms with Gasteiger partial charge in [0.05, 0.1) is 34.7 Å². The van der Waals surface area contributed by atoms with Gasteiger partial charge in [-0.15, -0.1) is 0 Å². The van der Waals surface area contributed by atoms with Crippen LogP contribution in [-0.4, -0.2) is 43.2 Å². The Morgan fingerprint density at radius 2 is 1.91 bits per heavy atom. The van der Waals surface area contributed by atoms with Gasteiger partial charge in [-0.2, -0.15) is 5.10 Å². The van der Waals surface area contributed by atoms with Gasteiger partial charge in [0.15, 0.2) is 0 Å². The first-order chi connectivity index (χ1) is 16.0. The van der Waals surface area contributed by atoms with E-state index in [4.69, 9.17) is 21.4 Å². The Labute approximate surface area is 199 Å². The molecule has 0 saturated heterocycles. The van der Waals surface area contributed by atoms with Gasteiger partial charge in [0.25, 0.3) is 0 Å². The molecular weight excluding hydrogens is 458 g/mol. The highest BCUT2D eigenvalue weighted by atomic mass is 35.5. The molecule has 1 saturated carbocycles. The van der Waals surface area contributed by atoms with Gasteiger partial charge in [0, 0.05) is 29.1 Å². The maximum atomic E-state index is 12.1. The number of ether oxygens (including phenoxy) is 1. The van der Waals surface area contributed by atoms with Crippen molar-refractivity contribution in [3.63, 3.8) is 0 Å². The maximum Gasteiger partial charge on any atom is 0.218 e. The van der Waals surface area contributed by atoms with Gasteiger partial charge in [-0.05, 0) is 55.3 Å². The number of methoxy groups -OCH3 is 1. The van der Waals surface area contributed by atoms with Crippen molar-refractivity contribution in [1.82, 2.24) is 19.6 Å². The average Bonchev–Trinajstić information content (AvgIpc) is 3.47. The number of hydrogen-bond acceptors (Lipinski definition) is 6. The van der Waals surface area contributed by atoms with Crippen molar-refractivity contribution >= 4 is 33.7 Å². The van der Waals surface area contributed by atoms with Gasteiger partial charge in [0.1, 0.15) is 17.3 Å². The zero-order valence-corrected chi connectivity index (χ0v) is 20.0. The summed E-state index contributed by atoms with van der Waals surface area (Å²) < 4.78 is 19.3. The van der Waals surface area contributed by atoms with Crippen LogP contribution < -0.4 is 10.1 Å². The summed E-state index contributed by atoms with van der Waals surface area (Å²) in [5.74, 6) is 1.61. The number of nitrogens with zero attached hydrogens (tertiary/aromatic N) is 4. The summed E-state index contributed by atoms with van der Waals surface area (Å²) in [5, 5.41) is 9.51. The summed E-state index contributed by atoms with van der Waals surface area (Å²) in [4.78, 5) is 8.76. The third kappa shape index (κ3) is 4.32. The lowest BCUT2D eigenvalue weighted by Crippen LogP contribution is -2.17. The fraction of sp³-hybridized carbons (Fsp3) is 0.292. The predicted octanol–water partition coefficient (Wildman–Crippen LogP) is 5.21. The summed E-state index contributed by atoms with van der Waals surface area (Å²) in [7, 11) is 0.334. The molecule has 4 aromatic rings. The van der Waals surface area contributed by atoms with Crippen LogP contribution in [0.5, 0.6) is 5.75 Å². The molecular formula is C24H24ClN5O2S. The van der Waals surface area contributed by atoms with Crippen molar-refractivity contribution < 1.29 is 8.95 Å². The minimum atomic E-state index is -1.31. The minimum absolute atomic E-state index is 0.277. The molecule has 3 heterocycles. The number of nitrogens with one attached hydrogen (secondary N) is 1. The molecule has 5 rings (SSSR count). The Kier molecular flexibility index (Phi) is 6.03. The molecule has 1 unspecified atom stereocenters. The van der Waals surface area contributed by atoms with E-state index in [1.807, 2.05) is 47.0 Å².